The van der Waals surface area contributed by atoms with E-state index >= 15 is 0 Å². The summed E-state index contributed by atoms with van der Waals surface area (Å²) in [5.74, 6) is 0.151. The molecule has 1 saturated carbocycles. The Labute approximate surface area is 126 Å². The Balaban J connectivity index is 0.000000677. The fourth-order valence-corrected chi connectivity index (χ4v) is 2.69. The van der Waals surface area contributed by atoms with Crippen LogP contribution in [0.5, 0.6) is 0 Å². The number of carboxylic acid groups (broad SMARTS) is 1. The second kappa shape index (κ2) is 9.73. The van der Waals surface area contributed by atoms with Crippen molar-refractivity contribution in [2.45, 2.75) is 51.0 Å². The van der Waals surface area contributed by atoms with Gasteiger partial charge in [0.1, 0.15) is 0 Å². The molecule has 1 aliphatic carbocycles. The molecule has 2 N–H and O–H groups in total. The number of nitrogens with zero attached hydrogens (tertiary/aromatic N) is 1. The third-order valence-corrected chi connectivity index (χ3v) is 3.91. The second-order valence-corrected chi connectivity index (χ2v) is 5.72. The molecule has 0 radical (unpaired) electrons. The topological polar surface area (TPSA) is 78.9 Å². The van der Waals surface area contributed by atoms with E-state index in [-0.39, 0.29) is 17.9 Å². The summed E-state index contributed by atoms with van der Waals surface area (Å²) in [7, 11) is 0. The summed E-state index contributed by atoms with van der Waals surface area (Å²) in [5, 5.41) is 10.1. The minimum atomic E-state index is -0.250. The fourth-order valence-electron chi connectivity index (χ4n) is 2.69. The van der Waals surface area contributed by atoms with E-state index < -0.39 is 0 Å². The highest BCUT2D eigenvalue weighted by molar-refractivity contribution is 5.77. The van der Waals surface area contributed by atoms with Crippen molar-refractivity contribution in [3.8, 4) is 0 Å². The molecule has 6 nitrogen and oxygen atoms in total. The first kappa shape index (κ1) is 17.9. The Hall–Kier alpha value is -1.14. The van der Waals surface area contributed by atoms with Gasteiger partial charge in [-0.25, -0.2) is 0 Å². The van der Waals surface area contributed by atoms with E-state index in [4.69, 9.17) is 14.6 Å². The van der Waals surface area contributed by atoms with Crippen LogP contribution >= 0.6 is 0 Å². The molecular weight excluding hydrogens is 272 g/mol. The summed E-state index contributed by atoms with van der Waals surface area (Å²) < 4.78 is 5.22. The maximum Gasteiger partial charge on any atom is 0.290 e. The van der Waals surface area contributed by atoms with Crippen molar-refractivity contribution in [1.82, 2.24) is 10.2 Å². The van der Waals surface area contributed by atoms with Gasteiger partial charge in [0.2, 0.25) is 5.91 Å². The first-order valence-corrected chi connectivity index (χ1v) is 7.85. The summed E-state index contributed by atoms with van der Waals surface area (Å²) in [5.41, 5.74) is 0.0979. The minimum absolute atomic E-state index is 0.0979. The highest BCUT2D eigenvalue weighted by atomic mass is 16.5. The fraction of sp³-hybridized carbons (Fsp3) is 0.867. The largest absolute Gasteiger partial charge is 0.483 e. The Bertz CT molecular complexity index is 313. The zero-order valence-corrected chi connectivity index (χ0v) is 13.0. The van der Waals surface area contributed by atoms with E-state index in [1.807, 2.05) is 6.92 Å². The Morgan fingerprint density at radius 3 is 2.48 bits per heavy atom. The van der Waals surface area contributed by atoms with Gasteiger partial charge >= 0.3 is 0 Å². The van der Waals surface area contributed by atoms with Gasteiger partial charge in [0.25, 0.3) is 6.47 Å². The van der Waals surface area contributed by atoms with Crippen molar-refractivity contribution >= 4 is 12.4 Å². The molecule has 0 spiro atoms. The van der Waals surface area contributed by atoms with Crippen LogP contribution in [0.4, 0.5) is 0 Å². The summed E-state index contributed by atoms with van der Waals surface area (Å²) in [6.45, 7) is 6.39. The van der Waals surface area contributed by atoms with E-state index in [1.165, 1.54) is 32.4 Å². The Morgan fingerprint density at radius 2 is 1.95 bits per heavy atom. The standard InChI is InChI=1S/C14H26N2O2.CH2O2/c1-2-18-11-6-13(17)15-14(7-8-14)12-16-9-4-3-5-10-16;2-1-3/h2-12H2,1H3,(H,15,17);1H,(H,2,3). The number of nitrogens with one attached hydrogen (secondary N) is 1. The number of ether oxygens (including phenoxy) is 1. The second-order valence-electron chi connectivity index (χ2n) is 5.72. The monoisotopic (exact) mass is 300 g/mol. The molecule has 0 aromatic heterocycles. The zero-order chi connectivity index (χ0) is 15.6. The third kappa shape index (κ3) is 7.43. The quantitative estimate of drug-likeness (QED) is 0.546. The SMILES string of the molecule is CCOCCC(=O)NC1(CN2CCCCC2)CC1.O=CO. The highest BCUT2D eigenvalue weighted by Gasteiger charge is 2.45. The van der Waals surface area contributed by atoms with Crippen molar-refractivity contribution in [1.29, 1.82) is 0 Å². The molecular formula is C15H28N2O4. The lowest BCUT2D eigenvalue weighted by atomic mass is 10.1. The van der Waals surface area contributed by atoms with Crippen molar-refractivity contribution in [2.75, 3.05) is 32.8 Å². The third-order valence-electron chi connectivity index (χ3n) is 3.91. The van der Waals surface area contributed by atoms with Gasteiger partial charge in [-0.1, -0.05) is 6.42 Å². The number of carbonyl (C=O) groups excluding carboxylic acids is 1. The van der Waals surface area contributed by atoms with Crippen LogP contribution in [0, 0.1) is 0 Å². The normalized spacial score (nSPS) is 20.0. The van der Waals surface area contributed by atoms with E-state index in [0.717, 1.165) is 19.4 Å². The maximum absolute atomic E-state index is 11.8. The van der Waals surface area contributed by atoms with Crippen LogP contribution in [0.2, 0.25) is 0 Å². The van der Waals surface area contributed by atoms with Crippen LogP contribution in [0.15, 0.2) is 0 Å². The van der Waals surface area contributed by atoms with Crippen LogP contribution in [0.3, 0.4) is 0 Å². The molecule has 1 saturated heterocycles. The molecule has 0 aromatic rings. The van der Waals surface area contributed by atoms with E-state index in [9.17, 15) is 4.79 Å². The average Bonchev–Trinajstić information content (AvgIpc) is 3.20. The molecule has 2 fully saturated rings. The summed E-state index contributed by atoms with van der Waals surface area (Å²) in [6.07, 6.45) is 6.77. The van der Waals surface area contributed by atoms with Crippen LogP contribution in [0.1, 0.15) is 45.4 Å². The van der Waals surface area contributed by atoms with Gasteiger partial charge in [0.15, 0.2) is 0 Å². The zero-order valence-electron chi connectivity index (χ0n) is 13.0. The van der Waals surface area contributed by atoms with Crippen molar-refractivity contribution in [3.63, 3.8) is 0 Å². The molecule has 6 heteroatoms. The lowest BCUT2D eigenvalue weighted by Gasteiger charge is -2.31. The van der Waals surface area contributed by atoms with E-state index in [2.05, 4.69) is 10.2 Å². The van der Waals surface area contributed by atoms with Gasteiger partial charge in [0.05, 0.1) is 12.1 Å². The maximum atomic E-state index is 11.8. The predicted octanol–water partition coefficient (Wildman–Crippen LogP) is 1.25. The van der Waals surface area contributed by atoms with Gasteiger partial charge in [0, 0.05) is 19.6 Å². The molecule has 0 bridgehead atoms. The smallest absolute Gasteiger partial charge is 0.290 e. The van der Waals surface area contributed by atoms with Gasteiger partial charge < -0.3 is 20.1 Å². The summed E-state index contributed by atoms with van der Waals surface area (Å²) in [6, 6.07) is 0. The van der Waals surface area contributed by atoms with Crippen molar-refractivity contribution in [2.24, 2.45) is 0 Å². The molecule has 2 aliphatic rings. The molecule has 0 unspecified atom stereocenters. The van der Waals surface area contributed by atoms with Crippen molar-refractivity contribution in [3.05, 3.63) is 0 Å². The van der Waals surface area contributed by atoms with Crippen LogP contribution in [-0.2, 0) is 14.3 Å². The number of rotatable bonds is 7. The van der Waals surface area contributed by atoms with Gasteiger partial charge in [-0.2, -0.15) is 0 Å². The van der Waals surface area contributed by atoms with Gasteiger partial charge in [-0.15, -0.1) is 0 Å². The highest BCUT2D eigenvalue weighted by Crippen LogP contribution is 2.36. The number of carbonyl (C=O) groups is 2. The number of hydrogen-bond acceptors (Lipinski definition) is 4. The Morgan fingerprint density at radius 1 is 1.33 bits per heavy atom. The molecule has 1 aliphatic heterocycles. The number of hydrogen-bond donors (Lipinski definition) is 2. The van der Waals surface area contributed by atoms with E-state index in [1.54, 1.807) is 0 Å². The first-order valence-electron chi connectivity index (χ1n) is 7.85. The van der Waals surface area contributed by atoms with Gasteiger partial charge in [-0.05, 0) is 45.7 Å². The Kier molecular flexibility index (Phi) is 8.30. The molecule has 122 valence electrons. The number of amides is 1. The van der Waals surface area contributed by atoms with E-state index in [0.29, 0.717) is 19.6 Å². The molecule has 1 heterocycles. The summed E-state index contributed by atoms with van der Waals surface area (Å²) in [4.78, 5) is 22.7. The molecule has 1 amide bonds. The predicted molar refractivity (Wildman–Crippen MR) is 80.2 cm³/mol. The van der Waals surface area contributed by atoms with Crippen LogP contribution in [0.25, 0.3) is 0 Å². The van der Waals surface area contributed by atoms with Gasteiger partial charge in [-0.3, -0.25) is 9.59 Å². The van der Waals surface area contributed by atoms with Crippen LogP contribution in [-0.4, -0.2) is 60.8 Å². The lowest BCUT2D eigenvalue weighted by Crippen LogP contribution is -2.47. The minimum Gasteiger partial charge on any atom is -0.483 e. The molecule has 0 aromatic carbocycles. The number of likely N-dealkylation sites (tertiary alicyclic amines) is 1. The molecule has 21 heavy (non-hydrogen) atoms. The molecule has 2 rings (SSSR count). The average molecular weight is 300 g/mol. The van der Waals surface area contributed by atoms with Crippen molar-refractivity contribution < 1.29 is 19.4 Å². The summed E-state index contributed by atoms with van der Waals surface area (Å²) >= 11 is 0. The first-order chi connectivity index (χ1) is 10.2. The molecule has 0 atom stereocenters. The van der Waals surface area contributed by atoms with Crippen LogP contribution < -0.4 is 5.32 Å². The number of piperidine rings is 1. The lowest BCUT2D eigenvalue weighted by molar-refractivity contribution is -0.124.